The molecule has 0 saturated carbocycles. The van der Waals surface area contributed by atoms with E-state index in [9.17, 15) is 4.79 Å². The molecule has 2 nitrogen and oxygen atoms in total. The fourth-order valence-electron chi connectivity index (χ4n) is 0.676. The lowest BCUT2D eigenvalue weighted by atomic mass is 10.2. The summed E-state index contributed by atoms with van der Waals surface area (Å²) in [6, 6.07) is 1.44. The van der Waals surface area contributed by atoms with Gasteiger partial charge in [-0.15, -0.1) is 11.3 Å². The summed E-state index contributed by atoms with van der Waals surface area (Å²) in [5.41, 5.74) is 5.43. The van der Waals surface area contributed by atoms with Crippen molar-refractivity contribution in [2.75, 3.05) is 0 Å². The molecule has 1 rings (SSSR count). The van der Waals surface area contributed by atoms with Gasteiger partial charge in [0.2, 0.25) is 0 Å². The Balaban J connectivity index is 2.93. The van der Waals surface area contributed by atoms with E-state index >= 15 is 0 Å². The zero-order chi connectivity index (χ0) is 8.43. The largest absolute Gasteiger partial charge is 0.321 e. The Labute approximate surface area is 77.5 Å². The minimum atomic E-state index is -0.412. The van der Waals surface area contributed by atoms with Crippen molar-refractivity contribution in [1.29, 1.82) is 0 Å². The maximum absolute atomic E-state index is 11.3. The Bertz CT molecular complexity index is 269. The number of carbonyl (C=O) groups is 1. The van der Waals surface area contributed by atoms with Gasteiger partial charge in [0.1, 0.15) is 0 Å². The summed E-state index contributed by atoms with van der Waals surface area (Å²) in [6.45, 7) is 1.69. The number of Topliss-reactive ketones (excluding diaryl/α,β-unsaturated/α-hetero) is 1. The van der Waals surface area contributed by atoms with Crippen molar-refractivity contribution in [3.05, 3.63) is 20.8 Å². The first-order valence-electron chi connectivity index (χ1n) is 3.15. The molecule has 1 heterocycles. The van der Waals surface area contributed by atoms with Gasteiger partial charge in [0, 0.05) is 4.47 Å². The molecule has 1 atom stereocenters. The van der Waals surface area contributed by atoms with Crippen molar-refractivity contribution in [2.24, 2.45) is 5.73 Å². The molecule has 0 unspecified atom stereocenters. The summed E-state index contributed by atoms with van der Waals surface area (Å²) in [5, 5.41) is 1.86. The van der Waals surface area contributed by atoms with E-state index in [4.69, 9.17) is 5.73 Å². The number of thiophene rings is 1. The first kappa shape index (κ1) is 8.90. The molecular formula is C7H8BrNOS. The maximum atomic E-state index is 11.3. The monoisotopic (exact) mass is 233 g/mol. The number of rotatable bonds is 2. The van der Waals surface area contributed by atoms with E-state index in [1.54, 1.807) is 6.92 Å². The lowest BCUT2D eigenvalue weighted by Crippen LogP contribution is -2.26. The molecule has 0 aliphatic heterocycles. The van der Waals surface area contributed by atoms with Gasteiger partial charge in [-0.1, -0.05) is 0 Å². The predicted molar refractivity (Wildman–Crippen MR) is 50.0 cm³/mol. The van der Waals surface area contributed by atoms with Gasteiger partial charge in [0.15, 0.2) is 5.78 Å². The molecule has 0 spiro atoms. The smallest absolute Gasteiger partial charge is 0.190 e. The molecule has 1 aromatic rings. The third-order valence-corrected chi connectivity index (χ3v) is 3.11. The van der Waals surface area contributed by atoms with Crippen LogP contribution in [0.4, 0.5) is 0 Å². The van der Waals surface area contributed by atoms with Crippen LogP contribution >= 0.6 is 27.3 Å². The van der Waals surface area contributed by atoms with Gasteiger partial charge in [-0.05, 0) is 34.3 Å². The first-order valence-corrected chi connectivity index (χ1v) is 4.83. The lowest BCUT2D eigenvalue weighted by molar-refractivity contribution is 0.0971. The van der Waals surface area contributed by atoms with Crippen LogP contribution < -0.4 is 5.73 Å². The number of hydrogen-bond acceptors (Lipinski definition) is 3. The van der Waals surface area contributed by atoms with Crippen molar-refractivity contribution in [3.63, 3.8) is 0 Å². The Morgan fingerprint density at radius 1 is 1.82 bits per heavy atom. The lowest BCUT2D eigenvalue weighted by Gasteiger charge is -2.00. The Hall–Kier alpha value is -0.190. The fraction of sp³-hybridized carbons (Fsp3) is 0.286. The highest BCUT2D eigenvalue weighted by molar-refractivity contribution is 9.10. The van der Waals surface area contributed by atoms with Crippen LogP contribution in [0.2, 0.25) is 0 Å². The molecule has 0 fully saturated rings. The van der Waals surface area contributed by atoms with Crippen molar-refractivity contribution in [1.82, 2.24) is 0 Å². The number of carbonyl (C=O) groups excluding carboxylic acids is 1. The molecule has 0 amide bonds. The van der Waals surface area contributed by atoms with Gasteiger partial charge in [0.25, 0.3) is 0 Å². The van der Waals surface area contributed by atoms with Crippen LogP contribution in [-0.2, 0) is 0 Å². The van der Waals surface area contributed by atoms with Gasteiger partial charge >= 0.3 is 0 Å². The number of nitrogens with two attached hydrogens (primary N) is 1. The number of ketones is 1. The molecule has 0 radical (unpaired) electrons. The second-order valence-corrected chi connectivity index (χ2v) is 4.02. The third kappa shape index (κ3) is 1.89. The summed E-state index contributed by atoms with van der Waals surface area (Å²) < 4.78 is 0.838. The highest BCUT2D eigenvalue weighted by Gasteiger charge is 2.14. The Morgan fingerprint density at radius 3 is 2.82 bits per heavy atom. The summed E-state index contributed by atoms with van der Waals surface area (Å²) in [7, 11) is 0. The van der Waals surface area contributed by atoms with Gasteiger partial charge in [0.05, 0.1) is 10.9 Å². The van der Waals surface area contributed by atoms with Crippen LogP contribution in [0.25, 0.3) is 0 Å². The molecule has 2 N–H and O–H groups in total. The SMILES string of the molecule is C[C@H](N)C(=O)c1sccc1Br. The van der Waals surface area contributed by atoms with Gasteiger partial charge in [-0.2, -0.15) is 0 Å². The molecule has 0 aliphatic carbocycles. The average molecular weight is 234 g/mol. The molecule has 0 aromatic carbocycles. The average Bonchev–Trinajstić information content (AvgIpc) is 2.33. The molecule has 4 heteroatoms. The van der Waals surface area contributed by atoms with Crippen molar-refractivity contribution >= 4 is 33.0 Å². The quantitative estimate of drug-likeness (QED) is 0.795. The van der Waals surface area contributed by atoms with E-state index < -0.39 is 6.04 Å². The number of halogens is 1. The van der Waals surface area contributed by atoms with E-state index in [0.29, 0.717) is 4.88 Å². The second kappa shape index (κ2) is 3.47. The van der Waals surface area contributed by atoms with E-state index in [-0.39, 0.29) is 5.78 Å². The summed E-state index contributed by atoms with van der Waals surface area (Å²) in [5.74, 6) is -0.00752. The molecule has 1 aromatic heterocycles. The molecule has 60 valence electrons. The molecule has 11 heavy (non-hydrogen) atoms. The Morgan fingerprint density at radius 2 is 2.45 bits per heavy atom. The van der Waals surface area contributed by atoms with Gasteiger partial charge < -0.3 is 5.73 Å². The van der Waals surface area contributed by atoms with E-state index in [2.05, 4.69) is 15.9 Å². The summed E-state index contributed by atoms with van der Waals surface area (Å²) in [6.07, 6.45) is 0. The van der Waals surface area contributed by atoms with Crippen molar-refractivity contribution in [3.8, 4) is 0 Å². The topological polar surface area (TPSA) is 43.1 Å². The first-order chi connectivity index (χ1) is 5.13. The number of hydrogen-bond donors (Lipinski definition) is 1. The van der Waals surface area contributed by atoms with Crippen LogP contribution in [-0.4, -0.2) is 11.8 Å². The van der Waals surface area contributed by atoms with Crippen LogP contribution in [0.5, 0.6) is 0 Å². The summed E-state index contributed by atoms with van der Waals surface area (Å²) >= 11 is 4.68. The molecule has 0 bridgehead atoms. The minimum Gasteiger partial charge on any atom is -0.321 e. The van der Waals surface area contributed by atoms with Crippen LogP contribution in [0.3, 0.4) is 0 Å². The zero-order valence-electron chi connectivity index (χ0n) is 6.00. The van der Waals surface area contributed by atoms with Crippen LogP contribution in [0.1, 0.15) is 16.6 Å². The zero-order valence-corrected chi connectivity index (χ0v) is 8.41. The normalized spacial score (nSPS) is 13.0. The molecule has 0 saturated heterocycles. The van der Waals surface area contributed by atoms with Gasteiger partial charge in [-0.3, -0.25) is 4.79 Å². The van der Waals surface area contributed by atoms with E-state index in [1.165, 1.54) is 11.3 Å². The Kier molecular flexibility index (Phi) is 2.81. The second-order valence-electron chi connectivity index (χ2n) is 2.25. The highest BCUT2D eigenvalue weighted by atomic mass is 79.9. The van der Waals surface area contributed by atoms with E-state index in [0.717, 1.165) is 4.47 Å². The minimum absolute atomic E-state index is 0.00752. The van der Waals surface area contributed by atoms with Crippen molar-refractivity contribution < 1.29 is 4.79 Å². The van der Waals surface area contributed by atoms with Gasteiger partial charge in [-0.25, -0.2) is 0 Å². The molecule has 0 aliphatic rings. The van der Waals surface area contributed by atoms with Crippen LogP contribution in [0, 0.1) is 0 Å². The highest BCUT2D eigenvalue weighted by Crippen LogP contribution is 2.23. The van der Waals surface area contributed by atoms with Crippen LogP contribution in [0.15, 0.2) is 15.9 Å². The van der Waals surface area contributed by atoms with Crippen molar-refractivity contribution in [2.45, 2.75) is 13.0 Å². The third-order valence-electron chi connectivity index (χ3n) is 1.25. The van der Waals surface area contributed by atoms with E-state index in [1.807, 2.05) is 11.4 Å². The predicted octanol–water partition coefficient (Wildman–Crippen LogP) is 2.04. The standard InChI is InChI=1S/C7H8BrNOS/c1-4(9)6(10)7-5(8)2-3-11-7/h2-4H,9H2,1H3/t4-/m0/s1. The molecular weight excluding hydrogens is 226 g/mol. The fourth-order valence-corrected chi connectivity index (χ4v) is 2.28. The summed E-state index contributed by atoms with van der Waals surface area (Å²) in [4.78, 5) is 12.0. The maximum Gasteiger partial charge on any atom is 0.190 e.